The highest BCUT2D eigenvalue weighted by Crippen LogP contribution is 2.31. The van der Waals surface area contributed by atoms with Crippen molar-refractivity contribution in [3.05, 3.63) is 16.1 Å². The molecule has 12 heavy (non-hydrogen) atoms. The Hall–Kier alpha value is -0.620. The van der Waals surface area contributed by atoms with Crippen molar-refractivity contribution in [1.29, 1.82) is 0 Å². The van der Waals surface area contributed by atoms with Crippen LogP contribution in [-0.2, 0) is 12.6 Å². The van der Waals surface area contributed by atoms with Crippen LogP contribution in [0.15, 0.2) is 5.38 Å². The van der Waals surface area contributed by atoms with Gasteiger partial charge in [0.2, 0.25) is 0 Å². The second-order valence-electron chi connectivity index (χ2n) is 2.18. The van der Waals surface area contributed by atoms with Gasteiger partial charge in [-0.3, -0.25) is 0 Å². The van der Waals surface area contributed by atoms with Gasteiger partial charge in [-0.25, -0.2) is 4.98 Å². The second kappa shape index (κ2) is 3.40. The summed E-state index contributed by atoms with van der Waals surface area (Å²) in [5, 5.41) is 0.585. The Bertz CT molecular complexity index is 256. The zero-order valence-corrected chi connectivity index (χ0v) is 6.87. The van der Waals surface area contributed by atoms with E-state index in [1.54, 1.807) is 0 Å². The van der Waals surface area contributed by atoms with Crippen LogP contribution >= 0.6 is 11.3 Å². The van der Waals surface area contributed by atoms with E-state index in [0.29, 0.717) is 30.0 Å². The van der Waals surface area contributed by atoms with Crippen LogP contribution in [0.5, 0.6) is 0 Å². The summed E-state index contributed by atoms with van der Waals surface area (Å²) < 4.78 is 35.9. The molecule has 1 rings (SSSR count). The van der Waals surface area contributed by atoms with E-state index in [0.717, 1.165) is 0 Å². The predicted molar refractivity (Wildman–Crippen MR) is 39.9 cm³/mol. The first-order valence-corrected chi connectivity index (χ1v) is 4.13. The molecule has 0 aromatic carbocycles. The lowest BCUT2D eigenvalue weighted by atomic mass is 10.3. The number of thiazole rings is 1. The maximum absolute atomic E-state index is 12.0. The summed E-state index contributed by atoms with van der Waals surface area (Å²) in [4.78, 5) is 3.38. The Labute approximate surface area is 71.2 Å². The molecule has 0 saturated heterocycles. The van der Waals surface area contributed by atoms with Crippen molar-refractivity contribution in [3.63, 3.8) is 0 Å². The van der Waals surface area contributed by atoms with Gasteiger partial charge in [0.25, 0.3) is 0 Å². The van der Waals surface area contributed by atoms with Gasteiger partial charge in [0, 0.05) is 11.8 Å². The van der Waals surface area contributed by atoms with Crippen LogP contribution in [-0.4, -0.2) is 11.5 Å². The fourth-order valence-corrected chi connectivity index (χ4v) is 1.42. The van der Waals surface area contributed by atoms with Gasteiger partial charge in [-0.15, -0.1) is 11.3 Å². The molecule has 6 heteroatoms. The van der Waals surface area contributed by atoms with E-state index in [2.05, 4.69) is 4.98 Å². The van der Waals surface area contributed by atoms with E-state index in [-0.39, 0.29) is 0 Å². The van der Waals surface area contributed by atoms with Gasteiger partial charge in [-0.1, -0.05) is 0 Å². The molecule has 0 amide bonds. The van der Waals surface area contributed by atoms with Gasteiger partial charge < -0.3 is 5.73 Å². The van der Waals surface area contributed by atoms with Crippen LogP contribution in [0.25, 0.3) is 0 Å². The van der Waals surface area contributed by atoms with Gasteiger partial charge in [0.15, 0.2) is 5.01 Å². The Morgan fingerprint density at radius 1 is 1.50 bits per heavy atom. The number of nitrogens with two attached hydrogens (primary N) is 1. The average molecular weight is 196 g/mol. The van der Waals surface area contributed by atoms with Crippen molar-refractivity contribution in [2.45, 2.75) is 12.6 Å². The molecule has 2 N–H and O–H groups in total. The normalized spacial score (nSPS) is 12.0. The van der Waals surface area contributed by atoms with Gasteiger partial charge in [-0.05, 0) is 6.54 Å². The molecule has 0 aliphatic heterocycles. The third kappa shape index (κ3) is 2.18. The maximum Gasteiger partial charge on any atom is 0.443 e. The molecule has 0 atom stereocenters. The number of nitrogens with zero attached hydrogens (tertiary/aromatic N) is 1. The summed E-state index contributed by atoms with van der Waals surface area (Å²) in [5.74, 6) is 0. The van der Waals surface area contributed by atoms with Crippen LogP contribution in [0.2, 0.25) is 0 Å². The van der Waals surface area contributed by atoms with Gasteiger partial charge in [0.1, 0.15) is 0 Å². The minimum atomic E-state index is -4.32. The average Bonchev–Trinajstić information content (AvgIpc) is 2.35. The van der Waals surface area contributed by atoms with Gasteiger partial charge in [0.05, 0.1) is 5.69 Å². The quantitative estimate of drug-likeness (QED) is 0.781. The van der Waals surface area contributed by atoms with Crippen LogP contribution in [0.3, 0.4) is 0 Å². The Balaban J connectivity index is 2.77. The molecular weight excluding hydrogens is 189 g/mol. The third-order valence-corrected chi connectivity index (χ3v) is 2.13. The molecule has 0 bridgehead atoms. The lowest BCUT2D eigenvalue weighted by molar-refractivity contribution is -0.137. The molecule has 1 aromatic heterocycles. The molecule has 0 fully saturated rings. The smallest absolute Gasteiger partial charge is 0.330 e. The van der Waals surface area contributed by atoms with E-state index in [9.17, 15) is 13.2 Å². The topological polar surface area (TPSA) is 38.9 Å². The highest BCUT2D eigenvalue weighted by Gasteiger charge is 2.34. The summed E-state index contributed by atoms with van der Waals surface area (Å²) in [6, 6.07) is 0. The summed E-state index contributed by atoms with van der Waals surface area (Å²) in [6.45, 7) is 0.320. The van der Waals surface area contributed by atoms with Gasteiger partial charge >= 0.3 is 6.18 Å². The Kier molecular flexibility index (Phi) is 2.69. The number of halogens is 3. The van der Waals surface area contributed by atoms with E-state index in [1.807, 2.05) is 0 Å². The van der Waals surface area contributed by atoms with Crippen molar-refractivity contribution in [1.82, 2.24) is 4.98 Å². The fraction of sp³-hybridized carbons (Fsp3) is 0.500. The second-order valence-corrected chi connectivity index (χ2v) is 3.04. The maximum atomic E-state index is 12.0. The zero-order chi connectivity index (χ0) is 9.19. The molecule has 0 saturated carbocycles. The van der Waals surface area contributed by atoms with Gasteiger partial charge in [-0.2, -0.15) is 13.2 Å². The lowest BCUT2D eigenvalue weighted by Gasteiger charge is -1.98. The monoisotopic (exact) mass is 196 g/mol. The van der Waals surface area contributed by atoms with E-state index < -0.39 is 11.2 Å². The number of hydrogen-bond donors (Lipinski definition) is 1. The van der Waals surface area contributed by atoms with Crippen molar-refractivity contribution < 1.29 is 13.2 Å². The minimum Gasteiger partial charge on any atom is -0.330 e. The molecule has 0 spiro atoms. The standard InChI is InChI=1S/C6H7F3N2S/c7-6(8,9)5-11-4(1-2-10)3-12-5/h3H,1-2,10H2. The van der Waals surface area contributed by atoms with Crippen LogP contribution in [0, 0.1) is 0 Å². The number of hydrogen-bond acceptors (Lipinski definition) is 3. The van der Waals surface area contributed by atoms with E-state index in [4.69, 9.17) is 5.73 Å². The highest BCUT2D eigenvalue weighted by atomic mass is 32.1. The SMILES string of the molecule is NCCc1csc(C(F)(F)F)n1. The van der Waals surface area contributed by atoms with Crippen LogP contribution in [0.1, 0.15) is 10.7 Å². The minimum absolute atomic E-state index is 0.320. The van der Waals surface area contributed by atoms with Crippen molar-refractivity contribution >= 4 is 11.3 Å². The van der Waals surface area contributed by atoms with Crippen molar-refractivity contribution in [2.24, 2.45) is 5.73 Å². The predicted octanol–water partition coefficient (Wildman–Crippen LogP) is 1.66. The molecule has 0 aliphatic carbocycles. The molecule has 2 nitrogen and oxygen atoms in total. The summed E-state index contributed by atoms with van der Waals surface area (Å²) in [5.41, 5.74) is 5.57. The first-order valence-electron chi connectivity index (χ1n) is 3.25. The number of aromatic nitrogens is 1. The van der Waals surface area contributed by atoms with Crippen molar-refractivity contribution in [2.75, 3.05) is 6.54 Å². The van der Waals surface area contributed by atoms with E-state index in [1.165, 1.54) is 5.38 Å². The Morgan fingerprint density at radius 2 is 2.17 bits per heavy atom. The Morgan fingerprint density at radius 3 is 2.58 bits per heavy atom. The molecule has 68 valence electrons. The number of rotatable bonds is 2. The van der Waals surface area contributed by atoms with Crippen molar-refractivity contribution in [3.8, 4) is 0 Å². The summed E-state index contributed by atoms with van der Waals surface area (Å²) in [6.07, 6.45) is -3.93. The first-order chi connectivity index (χ1) is 5.54. The number of alkyl halides is 3. The third-order valence-electron chi connectivity index (χ3n) is 1.19. The molecule has 1 aromatic rings. The largest absolute Gasteiger partial charge is 0.443 e. The van der Waals surface area contributed by atoms with Crippen LogP contribution < -0.4 is 5.73 Å². The molecule has 1 heterocycles. The van der Waals surface area contributed by atoms with Crippen LogP contribution in [0.4, 0.5) is 13.2 Å². The van der Waals surface area contributed by atoms with E-state index >= 15 is 0 Å². The zero-order valence-electron chi connectivity index (χ0n) is 6.06. The molecule has 0 radical (unpaired) electrons. The summed E-state index contributed by atoms with van der Waals surface area (Å²) in [7, 11) is 0. The first kappa shape index (κ1) is 9.47. The molecule has 0 aliphatic rings. The molecular formula is C6H7F3N2S. The lowest BCUT2D eigenvalue weighted by Crippen LogP contribution is -2.06. The fourth-order valence-electron chi connectivity index (χ4n) is 0.700. The summed E-state index contributed by atoms with van der Waals surface area (Å²) >= 11 is 0.605. The molecule has 0 unspecified atom stereocenters. The highest BCUT2D eigenvalue weighted by molar-refractivity contribution is 7.09.